The summed E-state index contributed by atoms with van der Waals surface area (Å²) in [4.78, 5) is 14.7. The van der Waals surface area contributed by atoms with Gasteiger partial charge in [-0.25, -0.2) is 0 Å². The number of carbonyl (C=O) groups is 1. The van der Waals surface area contributed by atoms with E-state index in [-0.39, 0.29) is 29.6 Å². The van der Waals surface area contributed by atoms with Crippen LogP contribution in [0.5, 0.6) is 0 Å². The van der Waals surface area contributed by atoms with Crippen LogP contribution in [0.3, 0.4) is 0 Å². The summed E-state index contributed by atoms with van der Waals surface area (Å²) in [5.41, 5.74) is 7.13. The SMILES string of the molecule is CC1CCN(C(=O)C(C)SCc2ccccc2)C(CN)C1.Cl. The third-order valence-corrected chi connectivity index (χ3v) is 5.43. The van der Waals surface area contributed by atoms with Crippen LogP contribution in [0.25, 0.3) is 0 Å². The summed E-state index contributed by atoms with van der Waals surface area (Å²) in [6.45, 7) is 5.70. The van der Waals surface area contributed by atoms with Gasteiger partial charge in [-0.05, 0) is 31.2 Å². The summed E-state index contributed by atoms with van der Waals surface area (Å²) < 4.78 is 0. The molecule has 1 aromatic rings. The quantitative estimate of drug-likeness (QED) is 0.892. The number of likely N-dealkylation sites (tertiary alicyclic amines) is 1. The van der Waals surface area contributed by atoms with E-state index < -0.39 is 0 Å². The maximum Gasteiger partial charge on any atom is 0.235 e. The normalized spacial score (nSPS) is 22.8. The first-order valence-electron chi connectivity index (χ1n) is 7.78. The zero-order chi connectivity index (χ0) is 15.2. The molecule has 1 amide bonds. The second-order valence-corrected chi connectivity index (χ2v) is 7.32. The largest absolute Gasteiger partial charge is 0.337 e. The Hall–Kier alpha value is -0.710. The number of hydrogen-bond acceptors (Lipinski definition) is 3. The van der Waals surface area contributed by atoms with Gasteiger partial charge in [-0.15, -0.1) is 24.2 Å². The second-order valence-electron chi connectivity index (χ2n) is 5.99. The molecule has 1 saturated heterocycles. The lowest BCUT2D eigenvalue weighted by Crippen LogP contribution is -2.51. The van der Waals surface area contributed by atoms with Crippen molar-refractivity contribution < 1.29 is 4.79 Å². The number of nitrogens with two attached hydrogens (primary N) is 1. The van der Waals surface area contributed by atoms with Crippen LogP contribution in [0.15, 0.2) is 30.3 Å². The molecule has 5 heteroatoms. The molecule has 2 rings (SSSR count). The van der Waals surface area contributed by atoms with Crippen LogP contribution in [0.4, 0.5) is 0 Å². The molecule has 22 heavy (non-hydrogen) atoms. The van der Waals surface area contributed by atoms with Crippen molar-refractivity contribution in [1.29, 1.82) is 0 Å². The number of benzene rings is 1. The molecular formula is C17H27ClN2OS. The molecule has 0 aliphatic carbocycles. The Balaban J connectivity index is 0.00000242. The lowest BCUT2D eigenvalue weighted by Gasteiger charge is -2.39. The van der Waals surface area contributed by atoms with E-state index in [0.29, 0.717) is 12.5 Å². The highest BCUT2D eigenvalue weighted by atomic mass is 35.5. The number of rotatable bonds is 5. The van der Waals surface area contributed by atoms with Gasteiger partial charge in [-0.3, -0.25) is 4.79 Å². The van der Waals surface area contributed by atoms with E-state index in [2.05, 4.69) is 19.1 Å². The van der Waals surface area contributed by atoms with E-state index in [1.54, 1.807) is 11.8 Å². The number of carbonyl (C=O) groups excluding carboxylic acids is 1. The Morgan fingerprint density at radius 1 is 1.41 bits per heavy atom. The van der Waals surface area contributed by atoms with Crippen LogP contribution in [-0.2, 0) is 10.5 Å². The van der Waals surface area contributed by atoms with Gasteiger partial charge in [0, 0.05) is 24.9 Å². The Kier molecular flexibility index (Phi) is 8.29. The maximum absolute atomic E-state index is 12.6. The minimum absolute atomic E-state index is 0. The van der Waals surface area contributed by atoms with Crippen molar-refractivity contribution >= 4 is 30.1 Å². The molecule has 124 valence electrons. The van der Waals surface area contributed by atoms with Crippen LogP contribution < -0.4 is 5.73 Å². The van der Waals surface area contributed by atoms with E-state index >= 15 is 0 Å². The average molecular weight is 343 g/mol. The van der Waals surface area contributed by atoms with Crippen LogP contribution >= 0.6 is 24.2 Å². The van der Waals surface area contributed by atoms with Gasteiger partial charge in [-0.2, -0.15) is 0 Å². The highest BCUT2D eigenvalue weighted by molar-refractivity contribution is 7.99. The molecule has 0 aromatic heterocycles. The average Bonchev–Trinajstić information content (AvgIpc) is 2.52. The standard InChI is InChI=1S/C17H26N2OS.ClH/c1-13-8-9-19(16(10-13)11-18)17(20)14(2)21-12-15-6-4-3-5-7-15;/h3-7,13-14,16H,8-12,18H2,1-2H3;1H. The minimum Gasteiger partial charge on any atom is -0.337 e. The fraction of sp³-hybridized carbons (Fsp3) is 0.588. The molecule has 0 bridgehead atoms. The minimum atomic E-state index is -0.00679. The van der Waals surface area contributed by atoms with Gasteiger partial charge in [0.15, 0.2) is 0 Å². The lowest BCUT2D eigenvalue weighted by atomic mass is 9.92. The molecule has 3 atom stereocenters. The molecule has 1 heterocycles. The smallest absolute Gasteiger partial charge is 0.235 e. The molecule has 3 unspecified atom stereocenters. The van der Waals surface area contributed by atoms with Gasteiger partial charge in [0.05, 0.1) is 5.25 Å². The van der Waals surface area contributed by atoms with Crippen molar-refractivity contribution in [2.75, 3.05) is 13.1 Å². The van der Waals surface area contributed by atoms with Crippen molar-refractivity contribution in [2.45, 2.75) is 43.7 Å². The van der Waals surface area contributed by atoms with Crippen molar-refractivity contribution in [3.8, 4) is 0 Å². The summed E-state index contributed by atoms with van der Waals surface area (Å²) in [6.07, 6.45) is 2.14. The number of halogens is 1. The van der Waals surface area contributed by atoms with Crippen LogP contribution in [-0.4, -0.2) is 35.2 Å². The molecule has 2 N–H and O–H groups in total. The third kappa shape index (κ3) is 5.18. The molecule has 3 nitrogen and oxygen atoms in total. The van der Waals surface area contributed by atoms with Crippen LogP contribution in [0.1, 0.15) is 32.3 Å². The van der Waals surface area contributed by atoms with Crippen molar-refractivity contribution in [3.05, 3.63) is 35.9 Å². The van der Waals surface area contributed by atoms with Crippen molar-refractivity contribution in [2.24, 2.45) is 11.7 Å². The van der Waals surface area contributed by atoms with Gasteiger partial charge in [0.1, 0.15) is 0 Å². The number of piperidine rings is 1. The third-order valence-electron chi connectivity index (χ3n) is 4.22. The van der Waals surface area contributed by atoms with Gasteiger partial charge in [0.2, 0.25) is 5.91 Å². The Morgan fingerprint density at radius 2 is 2.09 bits per heavy atom. The highest BCUT2D eigenvalue weighted by Crippen LogP contribution is 2.26. The fourth-order valence-corrected chi connectivity index (χ4v) is 3.78. The zero-order valence-electron chi connectivity index (χ0n) is 13.4. The predicted octanol–water partition coefficient (Wildman–Crippen LogP) is 3.32. The van der Waals surface area contributed by atoms with Crippen LogP contribution in [0, 0.1) is 5.92 Å². The van der Waals surface area contributed by atoms with Gasteiger partial charge in [-0.1, -0.05) is 37.3 Å². The molecule has 0 saturated carbocycles. The Bertz CT molecular complexity index is 457. The fourth-order valence-electron chi connectivity index (χ4n) is 2.87. The summed E-state index contributed by atoms with van der Waals surface area (Å²) in [7, 11) is 0. The first kappa shape index (κ1) is 19.3. The predicted molar refractivity (Wildman–Crippen MR) is 97.4 cm³/mol. The molecule has 0 radical (unpaired) electrons. The maximum atomic E-state index is 12.6. The van der Waals surface area contributed by atoms with E-state index in [4.69, 9.17) is 5.73 Å². The van der Waals surface area contributed by atoms with Gasteiger partial charge < -0.3 is 10.6 Å². The van der Waals surface area contributed by atoms with Crippen LogP contribution in [0.2, 0.25) is 0 Å². The summed E-state index contributed by atoms with van der Waals surface area (Å²) in [6, 6.07) is 10.5. The second kappa shape index (κ2) is 9.43. The summed E-state index contributed by atoms with van der Waals surface area (Å²) in [5.74, 6) is 1.80. The van der Waals surface area contributed by atoms with Gasteiger partial charge in [0.25, 0.3) is 0 Å². The molecule has 0 spiro atoms. The van der Waals surface area contributed by atoms with Gasteiger partial charge >= 0.3 is 0 Å². The number of amides is 1. The molecular weight excluding hydrogens is 316 g/mol. The monoisotopic (exact) mass is 342 g/mol. The highest BCUT2D eigenvalue weighted by Gasteiger charge is 2.31. The summed E-state index contributed by atoms with van der Waals surface area (Å²) in [5, 5.41) is -0.00679. The molecule has 1 aliphatic heterocycles. The zero-order valence-corrected chi connectivity index (χ0v) is 15.0. The van der Waals surface area contributed by atoms with Crippen molar-refractivity contribution in [1.82, 2.24) is 4.90 Å². The molecule has 1 aliphatic rings. The van der Waals surface area contributed by atoms with E-state index in [0.717, 1.165) is 25.1 Å². The topological polar surface area (TPSA) is 46.3 Å². The number of hydrogen-bond donors (Lipinski definition) is 1. The number of nitrogens with zero attached hydrogens (tertiary/aromatic N) is 1. The Morgan fingerprint density at radius 3 is 2.73 bits per heavy atom. The van der Waals surface area contributed by atoms with E-state index in [1.807, 2.05) is 30.0 Å². The summed E-state index contributed by atoms with van der Waals surface area (Å²) >= 11 is 1.71. The first-order chi connectivity index (χ1) is 10.1. The lowest BCUT2D eigenvalue weighted by molar-refractivity contribution is -0.134. The first-order valence-corrected chi connectivity index (χ1v) is 8.82. The van der Waals surface area contributed by atoms with Crippen molar-refractivity contribution in [3.63, 3.8) is 0 Å². The molecule has 1 fully saturated rings. The number of thioether (sulfide) groups is 1. The Labute approximate surface area is 144 Å². The van der Waals surface area contributed by atoms with E-state index in [9.17, 15) is 4.79 Å². The molecule has 1 aromatic carbocycles. The van der Waals surface area contributed by atoms with E-state index in [1.165, 1.54) is 5.56 Å².